The van der Waals surface area contributed by atoms with E-state index in [1.807, 2.05) is 18.2 Å². The van der Waals surface area contributed by atoms with Crippen molar-refractivity contribution in [1.82, 2.24) is 4.90 Å². The van der Waals surface area contributed by atoms with Crippen molar-refractivity contribution in [2.75, 3.05) is 5.75 Å². The first-order valence-corrected chi connectivity index (χ1v) is 10.8. The van der Waals surface area contributed by atoms with E-state index in [4.69, 9.17) is 17.0 Å². The topological polar surface area (TPSA) is 49.8 Å². The fraction of sp³-hybridized carbons (Fsp3) is 0.600. The summed E-state index contributed by atoms with van der Waals surface area (Å²) in [5, 5.41) is 10.4. The minimum absolute atomic E-state index is 0.0570. The van der Waals surface area contributed by atoms with Crippen LogP contribution in [-0.4, -0.2) is 50.3 Å². The third-order valence-corrected chi connectivity index (χ3v) is 6.60. The van der Waals surface area contributed by atoms with Gasteiger partial charge in [0.1, 0.15) is 4.32 Å². The predicted molar refractivity (Wildman–Crippen MR) is 109 cm³/mol. The number of aliphatic hydroxyl groups is 1. The van der Waals surface area contributed by atoms with E-state index in [1.54, 1.807) is 16.7 Å². The first kappa shape index (κ1) is 19.8. The van der Waals surface area contributed by atoms with Gasteiger partial charge in [-0.05, 0) is 38.2 Å². The molecular formula is C20H27NO3S2. The van der Waals surface area contributed by atoms with Crippen molar-refractivity contribution < 1.29 is 14.6 Å². The number of rotatable bonds is 6. The molecule has 1 aromatic rings. The maximum absolute atomic E-state index is 12.8. The van der Waals surface area contributed by atoms with Crippen LogP contribution in [0.3, 0.4) is 0 Å². The molecule has 0 spiro atoms. The first-order valence-electron chi connectivity index (χ1n) is 9.39. The minimum atomic E-state index is -0.677. The van der Waals surface area contributed by atoms with E-state index in [-0.39, 0.29) is 30.6 Å². The molecule has 0 saturated carbocycles. The van der Waals surface area contributed by atoms with Crippen LogP contribution in [-0.2, 0) is 16.0 Å². The van der Waals surface area contributed by atoms with Crippen LogP contribution in [0.25, 0.3) is 0 Å². The Bertz CT molecular complexity index is 625. The average molecular weight is 394 g/mol. The highest BCUT2D eigenvalue weighted by atomic mass is 32.2. The number of hydrogen-bond acceptors (Lipinski definition) is 5. The maximum atomic E-state index is 12.8. The summed E-state index contributed by atoms with van der Waals surface area (Å²) in [6.45, 7) is 2.07. The van der Waals surface area contributed by atoms with Crippen LogP contribution in [0.4, 0.5) is 0 Å². The van der Waals surface area contributed by atoms with Crippen molar-refractivity contribution in [3.8, 4) is 0 Å². The summed E-state index contributed by atoms with van der Waals surface area (Å²) in [7, 11) is 0. The van der Waals surface area contributed by atoms with Gasteiger partial charge in [0, 0.05) is 12.2 Å². The Morgan fingerprint density at radius 1 is 1.38 bits per heavy atom. The Balaban J connectivity index is 1.55. The van der Waals surface area contributed by atoms with Gasteiger partial charge in [-0.3, -0.25) is 9.69 Å². The van der Waals surface area contributed by atoms with Crippen LogP contribution in [0, 0.1) is 0 Å². The van der Waals surface area contributed by atoms with Crippen molar-refractivity contribution in [2.45, 2.75) is 69.8 Å². The number of ether oxygens (including phenoxy) is 1. The molecule has 0 radical (unpaired) electrons. The lowest BCUT2D eigenvalue weighted by molar-refractivity contribution is -0.131. The van der Waals surface area contributed by atoms with E-state index >= 15 is 0 Å². The number of thiocarbonyl (C=S) groups is 1. The van der Waals surface area contributed by atoms with Gasteiger partial charge in [-0.15, -0.1) is 0 Å². The Kier molecular flexibility index (Phi) is 7.09. The van der Waals surface area contributed by atoms with E-state index in [2.05, 4.69) is 19.1 Å². The lowest BCUT2D eigenvalue weighted by atomic mass is 9.98. The second-order valence-electron chi connectivity index (χ2n) is 7.28. The molecule has 142 valence electrons. The molecule has 2 aliphatic rings. The largest absolute Gasteiger partial charge is 0.392 e. The standard InChI is InChI=1S/C20H27NO3S2/c1-14-6-5-9-18(24-14)11-17(22)12-19(23)21-16(13-26-20(21)25)10-15-7-3-2-4-8-15/h2-4,7-8,14,16-18,22H,5-6,9-13H2,1H3/t14-,16-,17-,18+/m0/s1. The summed E-state index contributed by atoms with van der Waals surface area (Å²) in [4.78, 5) is 14.5. The molecule has 2 fully saturated rings. The number of carbonyl (C=O) groups excluding carboxylic acids is 1. The number of aliphatic hydroxyl groups excluding tert-OH is 1. The number of nitrogens with zero attached hydrogens (tertiary/aromatic N) is 1. The zero-order chi connectivity index (χ0) is 18.5. The Labute approximate surface area is 165 Å². The molecule has 2 aliphatic heterocycles. The van der Waals surface area contributed by atoms with Crippen LogP contribution in [0.2, 0.25) is 0 Å². The maximum Gasteiger partial charge on any atom is 0.230 e. The van der Waals surface area contributed by atoms with E-state index in [1.165, 1.54) is 5.56 Å². The van der Waals surface area contributed by atoms with Gasteiger partial charge in [-0.1, -0.05) is 54.3 Å². The lowest BCUT2D eigenvalue weighted by Crippen LogP contribution is -2.41. The van der Waals surface area contributed by atoms with Crippen LogP contribution in [0.15, 0.2) is 30.3 Å². The number of amides is 1. The summed E-state index contributed by atoms with van der Waals surface area (Å²) in [6.07, 6.45) is 4.21. The van der Waals surface area contributed by atoms with Crippen molar-refractivity contribution in [1.29, 1.82) is 0 Å². The molecule has 6 heteroatoms. The molecular weight excluding hydrogens is 366 g/mol. The summed E-state index contributed by atoms with van der Waals surface area (Å²) in [5.74, 6) is 0.746. The average Bonchev–Trinajstić information content (AvgIpc) is 2.96. The number of hydrogen-bond donors (Lipinski definition) is 1. The van der Waals surface area contributed by atoms with Gasteiger partial charge in [0.2, 0.25) is 5.91 Å². The van der Waals surface area contributed by atoms with Gasteiger partial charge in [0.25, 0.3) is 0 Å². The summed E-state index contributed by atoms with van der Waals surface area (Å²) < 4.78 is 6.50. The fourth-order valence-corrected chi connectivity index (χ4v) is 5.21. The lowest BCUT2D eigenvalue weighted by Gasteiger charge is -2.30. The molecule has 2 saturated heterocycles. The highest BCUT2D eigenvalue weighted by Crippen LogP contribution is 2.29. The van der Waals surface area contributed by atoms with Crippen LogP contribution in [0.1, 0.15) is 44.6 Å². The molecule has 26 heavy (non-hydrogen) atoms. The van der Waals surface area contributed by atoms with Crippen LogP contribution < -0.4 is 0 Å². The SMILES string of the molecule is C[C@H]1CCC[C@H](C[C@H](O)CC(=O)N2C(=S)SC[C@@H]2Cc2ccccc2)O1. The molecule has 1 aromatic carbocycles. The smallest absolute Gasteiger partial charge is 0.230 e. The van der Waals surface area contributed by atoms with Crippen molar-refractivity contribution in [3.05, 3.63) is 35.9 Å². The normalized spacial score (nSPS) is 27.5. The van der Waals surface area contributed by atoms with Crippen LogP contribution in [0.5, 0.6) is 0 Å². The molecule has 4 nitrogen and oxygen atoms in total. The number of thioether (sulfide) groups is 1. The van der Waals surface area contributed by atoms with Gasteiger partial charge >= 0.3 is 0 Å². The minimum Gasteiger partial charge on any atom is -0.392 e. The van der Waals surface area contributed by atoms with Gasteiger partial charge in [0.15, 0.2) is 0 Å². The molecule has 2 heterocycles. The van der Waals surface area contributed by atoms with Gasteiger partial charge < -0.3 is 9.84 Å². The number of carbonyl (C=O) groups is 1. The molecule has 0 aromatic heterocycles. The predicted octanol–water partition coefficient (Wildman–Crippen LogP) is 3.56. The van der Waals surface area contributed by atoms with E-state index in [9.17, 15) is 9.90 Å². The molecule has 1 amide bonds. The highest BCUT2D eigenvalue weighted by Gasteiger charge is 2.35. The molecule has 1 N–H and O–H groups in total. The quantitative estimate of drug-likeness (QED) is 0.749. The highest BCUT2D eigenvalue weighted by molar-refractivity contribution is 8.23. The molecule has 0 aliphatic carbocycles. The molecule has 0 unspecified atom stereocenters. The fourth-order valence-electron chi connectivity index (χ4n) is 3.76. The monoisotopic (exact) mass is 393 g/mol. The molecule has 0 bridgehead atoms. The summed E-state index contributed by atoms with van der Waals surface area (Å²) >= 11 is 6.96. The second-order valence-corrected chi connectivity index (χ2v) is 8.93. The van der Waals surface area contributed by atoms with E-state index in [0.717, 1.165) is 31.4 Å². The van der Waals surface area contributed by atoms with E-state index < -0.39 is 6.10 Å². The summed E-state index contributed by atoms with van der Waals surface area (Å²) in [5.41, 5.74) is 1.20. The summed E-state index contributed by atoms with van der Waals surface area (Å²) in [6, 6.07) is 10.2. The van der Waals surface area contributed by atoms with Gasteiger partial charge in [-0.2, -0.15) is 0 Å². The van der Waals surface area contributed by atoms with Gasteiger partial charge in [0.05, 0.1) is 30.8 Å². The van der Waals surface area contributed by atoms with Crippen molar-refractivity contribution in [3.63, 3.8) is 0 Å². The van der Waals surface area contributed by atoms with Gasteiger partial charge in [-0.25, -0.2) is 0 Å². The van der Waals surface area contributed by atoms with Crippen molar-refractivity contribution in [2.24, 2.45) is 0 Å². The Morgan fingerprint density at radius 2 is 2.15 bits per heavy atom. The Morgan fingerprint density at radius 3 is 2.88 bits per heavy atom. The van der Waals surface area contributed by atoms with Crippen molar-refractivity contribution >= 4 is 34.2 Å². The first-order chi connectivity index (χ1) is 12.5. The molecule has 3 rings (SSSR count). The zero-order valence-corrected chi connectivity index (χ0v) is 16.8. The molecule has 4 atom stereocenters. The Hall–Kier alpha value is -0.950. The van der Waals surface area contributed by atoms with E-state index in [0.29, 0.717) is 10.7 Å². The third kappa shape index (κ3) is 5.28. The zero-order valence-electron chi connectivity index (χ0n) is 15.2. The van der Waals surface area contributed by atoms with Crippen LogP contribution >= 0.6 is 24.0 Å². The third-order valence-electron chi connectivity index (χ3n) is 5.05. The number of benzene rings is 1. The second kappa shape index (κ2) is 9.31.